The van der Waals surface area contributed by atoms with Crippen molar-refractivity contribution in [2.24, 2.45) is 5.16 Å². The van der Waals surface area contributed by atoms with E-state index in [0.717, 1.165) is 25.1 Å². The van der Waals surface area contributed by atoms with Crippen LogP contribution in [0.5, 0.6) is 0 Å². The minimum atomic E-state index is 0.383. The Bertz CT molecular complexity index is 275. The zero-order chi connectivity index (χ0) is 9.68. The lowest BCUT2D eigenvalue weighted by Gasteiger charge is -2.21. The van der Waals surface area contributed by atoms with E-state index in [4.69, 9.17) is 5.26 Å². The fourth-order valence-corrected chi connectivity index (χ4v) is 1.31. The number of nitrogens with zero attached hydrogens (tertiary/aromatic N) is 3. The number of rotatable bonds is 2. The molecular formula is C9H13N3O. The van der Waals surface area contributed by atoms with Crippen molar-refractivity contribution in [2.75, 3.05) is 27.2 Å². The van der Waals surface area contributed by atoms with Crippen LogP contribution < -0.4 is 0 Å². The molecule has 0 saturated heterocycles. The Balaban J connectivity index is 2.76. The first kappa shape index (κ1) is 9.75. The van der Waals surface area contributed by atoms with E-state index >= 15 is 0 Å². The molecule has 0 unspecified atom stereocenters. The molecule has 4 nitrogen and oxygen atoms in total. The van der Waals surface area contributed by atoms with Crippen LogP contribution in [-0.2, 0) is 4.84 Å². The fourth-order valence-electron chi connectivity index (χ4n) is 1.31. The van der Waals surface area contributed by atoms with E-state index in [9.17, 15) is 0 Å². The maximum atomic E-state index is 8.78. The summed E-state index contributed by atoms with van der Waals surface area (Å²) in [5.41, 5.74) is 1.34. The van der Waals surface area contributed by atoms with E-state index in [2.05, 4.69) is 14.9 Å². The summed E-state index contributed by atoms with van der Waals surface area (Å²) in [4.78, 5) is 6.74. The van der Waals surface area contributed by atoms with Crippen LogP contribution in [0.2, 0.25) is 0 Å². The first-order valence-corrected chi connectivity index (χ1v) is 4.17. The average molecular weight is 179 g/mol. The van der Waals surface area contributed by atoms with Gasteiger partial charge in [-0.3, -0.25) is 0 Å². The summed E-state index contributed by atoms with van der Waals surface area (Å²) in [5, 5.41) is 12.4. The summed E-state index contributed by atoms with van der Waals surface area (Å²) in [5.74, 6) is 0. The maximum absolute atomic E-state index is 8.78. The van der Waals surface area contributed by atoms with Gasteiger partial charge in [-0.05, 0) is 13.5 Å². The van der Waals surface area contributed by atoms with Crippen molar-refractivity contribution in [3.8, 4) is 6.07 Å². The normalized spacial score (nSPS) is 19.2. The number of oxime groups is 1. The number of likely N-dealkylation sites (N-methyl/N-ethyl adjacent to an activating group) is 1. The lowest BCUT2D eigenvalue weighted by Crippen LogP contribution is -2.28. The van der Waals surface area contributed by atoms with Gasteiger partial charge >= 0.3 is 0 Å². The molecule has 0 aliphatic carbocycles. The molecule has 1 aliphatic rings. The minimum Gasteiger partial charge on any atom is -0.398 e. The second-order valence-corrected chi connectivity index (χ2v) is 2.99. The molecule has 0 N–H and O–H groups in total. The molecule has 0 atom stereocenters. The predicted molar refractivity (Wildman–Crippen MR) is 50.3 cm³/mol. The largest absolute Gasteiger partial charge is 0.398 e. The topological polar surface area (TPSA) is 48.6 Å². The smallest absolute Gasteiger partial charge is 0.183 e. The Kier molecular flexibility index (Phi) is 3.47. The highest BCUT2D eigenvalue weighted by Gasteiger charge is 2.13. The number of nitriles is 1. The third-order valence-electron chi connectivity index (χ3n) is 1.93. The van der Waals surface area contributed by atoms with Gasteiger partial charge < -0.3 is 9.74 Å². The number of hydrogen-bond donors (Lipinski definition) is 0. The third kappa shape index (κ3) is 2.56. The zero-order valence-electron chi connectivity index (χ0n) is 7.95. The van der Waals surface area contributed by atoms with Gasteiger partial charge in [0.05, 0.1) is 0 Å². The molecule has 0 amide bonds. The summed E-state index contributed by atoms with van der Waals surface area (Å²) >= 11 is 0. The van der Waals surface area contributed by atoms with Crippen molar-refractivity contribution in [3.05, 3.63) is 11.6 Å². The van der Waals surface area contributed by atoms with Gasteiger partial charge in [0.2, 0.25) is 0 Å². The molecule has 70 valence electrons. The molecule has 0 aromatic rings. The summed E-state index contributed by atoms with van der Waals surface area (Å²) in [7, 11) is 3.47. The van der Waals surface area contributed by atoms with Crippen LogP contribution >= 0.6 is 0 Å². The lowest BCUT2D eigenvalue weighted by molar-refractivity contribution is 0.213. The molecule has 1 heterocycles. The van der Waals surface area contributed by atoms with Crippen LogP contribution in [0.15, 0.2) is 16.8 Å². The Morgan fingerprint density at radius 3 is 3.08 bits per heavy atom. The van der Waals surface area contributed by atoms with E-state index in [1.165, 1.54) is 7.11 Å². The van der Waals surface area contributed by atoms with Crippen LogP contribution in [0.25, 0.3) is 0 Å². The molecule has 1 aliphatic heterocycles. The Hall–Kier alpha value is -1.34. The number of hydrogen-bond acceptors (Lipinski definition) is 4. The molecule has 0 aromatic carbocycles. The SMILES string of the molecule is CO/N=C(\C#N)C1=CCCN(C)C1. The van der Waals surface area contributed by atoms with Gasteiger partial charge in [0.15, 0.2) is 5.71 Å². The quantitative estimate of drug-likeness (QED) is 0.465. The zero-order valence-corrected chi connectivity index (χ0v) is 7.95. The molecule has 0 spiro atoms. The van der Waals surface area contributed by atoms with Gasteiger partial charge in [0.25, 0.3) is 0 Å². The van der Waals surface area contributed by atoms with Crippen LogP contribution in [0.1, 0.15) is 6.42 Å². The van der Waals surface area contributed by atoms with Crippen molar-refractivity contribution in [1.29, 1.82) is 5.26 Å². The van der Waals surface area contributed by atoms with Gasteiger partial charge in [-0.2, -0.15) is 5.26 Å². The van der Waals surface area contributed by atoms with Gasteiger partial charge in [-0.1, -0.05) is 11.2 Å². The molecule has 13 heavy (non-hydrogen) atoms. The highest BCUT2D eigenvalue weighted by atomic mass is 16.6. The lowest BCUT2D eigenvalue weighted by atomic mass is 10.1. The van der Waals surface area contributed by atoms with Crippen molar-refractivity contribution >= 4 is 5.71 Å². The van der Waals surface area contributed by atoms with Crippen LogP contribution in [0.3, 0.4) is 0 Å². The molecule has 0 radical (unpaired) electrons. The Morgan fingerprint density at radius 2 is 2.54 bits per heavy atom. The molecule has 0 fully saturated rings. The molecule has 0 aromatic heterocycles. The van der Waals surface area contributed by atoms with E-state index in [1.54, 1.807) is 0 Å². The summed E-state index contributed by atoms with van der Waals surface area (Å²) in [6.45, 7) is 1.81. The van der Waals surface area contributed by atoms with E-state index in [-0.39, 0.29) is 0 Å². The molecule has 1 rings (SSSR count). The van der Waals surface area contributed by atoms with Crippen LogP contribution in [0, 0.1) is 11.3 Å². The van der Waals surface area contributed by atoms with Gasteiger partial charge in [0.1, 0.15) is 13.2 Å². The van der Waals surface area contributed by atoms with Gasteiger partial charge in [-0.15, -0.1) is 0 Å². The van der Waals surface area contributed by atoms with E-state index < -0.39 is 0 Å². The van der Waals surface area contributed by atoms with Gasteiger partial charge in [-0.25, -0.2) is 0 Å². The Morgan fingerprint density at radius 1 is 1.77 bits per heavy atom. The van der Waals surface area contributed by atoms with Crippen LogP contribution in [0.4, 0.5) is 0 Å². The first-order valence-electron chi connectivity index (χ1n) is 4.17. The predicted octanol–water partition coefficient (Wildman–Crippen LogP) is 0.774. The molecular weight excluding hydrogens is 166 g/mol. The highest BCUT2D eigenvalue weighted by molar-refractivity contribution is 6.11. The second-order valence-electron chi connectivity index (χ2n) is 2.99. The Labute approximate surface area is 78.1 Å². The minimum absolute atomic E-state index is 0.383. The second kappa shape index (κ2) is 4.63. The van der Waals surface area contributed by atoms with Crippen LogP contribution in [-0.4, -0.2) is 37.9 Å². The van der Waals surface area contributed by atoms with Crippen molar-refractivity contribution < 1.29 is 4.84 Å². The molecule has 4 heteroatoms. The van der Waals surface area contributed by atoms with E-state index in [0.29, 0.717) is 5.71 Å². The van der Waals surface area contributed by atoms with Crippen molar-refractivity contribution in [3.63, 3.8) is 0 Å². The fraction of sp³-hybridized carbons (Fsp3) is 0.556. The van der Waals surface area contributed by atoms with Crippen molar-refractivity contribution in [2.45, 2.75) is 6.42 Å². The molecule has 0 saturated carbocycles. The summed E-state index contributed by atoms with van der Waals surface area (Å²) in [6.07, 6.45) is 3.01. The van der Waals surface area contributed by atoms with Gasteiger partial charge in [0, 0.05) is 18.7 Å². The highest BCUT2D eigenvalue weighted by Crippen LogP contribution is 2.09. The van der Waals surface area contributed by atoms with E-state index in [1.807, 2.05) is 19.2 Å². The monoisotopic (exact) mass is 179 g/mol. The summed E-state index contributed by atoms with van der Waals surface area (Å²) in [6, 6.07) is 2.02. The standard InChI is InChI=1S/C9H13N3O/c1-12-5-3-4-8(7-12)9(6-10)11-13-2/h4H,3,5,7H2,1-2H3/b11-9+. The summed E-state index contributed by atoms with van der Waals surface area (Å²) < 4.78 is 0. The maximum Gasteiger partial charge on any atom is 0.183 e. The first-order chi connectivity index (χ1) is 6.27. The average Bonchev–Trinajstić information content (AvgIpc) is 2.14. The molecule has 0 bridgehead atoms. The van der Waals surface area contributed by atoms with Crippen molar-refractivity contribution in [1.82, 2.24) is 4.90 Å². The third-order valence-corrected chi connectivity index (χ3v) is 1.93.